The van der Waals surface area contributed by atoms with Gasteiger partial charge in [-0.1, -0.05) is 17.7 Å². The molecule has 92 valence electrons. The van der Waals surface area contributed by atoms with Gasteiger partial charge in [-0.15, -0.1) is 0 Å². The van der Waals surface area contributed by atoms with Crippen LogP contribution in [0.2, 0.25) is 5.02 Å². The molecule has 1 aromatic carbocycles. The van der Waals surface area contributed by atoms with Gasteiger partial charge in [-0.05, 0) is 32.4 Å². The van der Waals surface area contributed by atoms with E-state index in [4.69, 9.17) is 17.3 Å². The highest BCUT2D eigenvalue weighted by Crippen LogP contribution is 2.24. The van der Waals surface area contributed by atoms with Gasteiger partial charge in [-0.25, -0.2) is 4.98 Å². The topological polar surface area (TPSA) is 43.8 Å². The summed E-state index contributed by atoms with van der Waals surface area (Å²) in [5.41, 5.74) is 7.78. The van der Waals surface area contributed by atoms with Gasteiger partial charge in [0, 0.05) is 19.0 Å². The van der Waals surface area contributed by atoms with Gasteiger partial charge >= 0.3 is 0 Å². The number of hydrogen-bond acceptors (Lipinski definition) is 2. The Morgan fingerprint density at radius 3 is 2.71 bits per heavy atom. The van der Waals surface area contributed by atoms with E-state index in [1.54, 1.807) is 0 Å². The highest BCUT2D eigenvalue weighted by molar-refractivity contribution is 6.35. The molecule has 1 aromatic heterocycles. The van der Waals surface area contributed by atoms with Crippen LogP contribution in [-0.4, -0.2) is 15.1 Å². The van der Waals surface area contributed by atoms with E-state index in [2.05, 4.69) is 9.55 Å². The van der Waals surface area contributed by atoms with Crippen molar-refractivity contribution in [1.29, 1.82) is 0 Å². The minimum absolute atomic E-state index is 0.165. The largest absolute Gasteiger partial charge is 0.330 e. The van der Waals surface area contributed by atoms with E-state index in [-0.39, 0.29) is 5.54 Å². The van der Waals surface area contributed by atoms with E-state index in [1.165, 1.54) is 0 Å². The Morgan fingerprint density at radius 2 is 2.12 bits per heavy atom. The van der Waals surface area contributed by atoms with Gasteiger partial charge in [0.25, 0.3) is 0 Å². The van der Waals surface area contributed by atoms with Crippen LogP contribution in [0.25, 0.3) is 11.0 Å². The molecule has 0 radical (unpaired) electrons. The first-order chi connectivity index (χ1) is 7.88. The highest BCUT2D eigenvalue weighted by Gasteiger charge is 2.15. The van der Waals surface area contributed by atoms with E-state index in [0.29, 0.717) is 0 Å². The molecule has 0 saturated carbocycles. The lowest BCUT2D eigenvalue weighted by Crippen LogP contribution is -2.32. The summed E-state index contributed by atoms with van der Waals surface area (Å²) >= 11 is 6.18. The normalized spacial score (nSPS) is 12.3. The maximum atomic E-state index is 6.18. The zero-order valence-corrected chi connectivity index (χ0v) is 11.3. The van der Waals surface area contributed by atoms with Crippen molar-refractivity contribution in [3.05, 3.63) is 29.0 Å². The summed E-state index contributed by atoms with van der Waals surface area (Å²) < 4.78 is 2.06. The number of fused-ring (bicyclic) bond motifs is 1. The van der Waals surface area contributed by atoms with Gasteiger partial charge in [0.2, 0.25) is 0 Å². The molecular weight excluding hydrogens is 234 g/mol. The third-order valence-electron chi connectivity index (χ3n) is 2.93. The summed E-state index contributed by atoms with van der Waals surface area (Å²) in [5, 5.41) is 0.746. The molecule has 0 atom stereocenters. The van der Waals surface area contributed by atoms with Crippen molar-refractivity contribution in [3.8, 4) is 0 Å². The number of halogens is 1. The quantitative estimate of drug-likeness (QED) is 0.912. The van der Waals surface area contributed by atoms with Gasteiger partial charge in [-0.2, -0.15) is 0 Å². The Morgan fingerprint density at radius 1 is 1.41 bits per heavy atom. The molecule has 0 bridgehead atoms. The summed E-state index contributed by atoms with van der Waals surface area (Å²) in [6.45, 7) is 4.06. The van der Waals surface area contributed by atoms with Gasteiger partial charge in [0.1, 0.15) is 5.82 Å². The van der Waals surface area contributed by atoms with Crippen molar-refractivity contribution in [3.63, 3.8) is 0 Å². The van der Waals surface area contributed by atoms with Crippen molar-refractivity contribution < 1.29 is 0 Å². The Kier molecular flexibility index (Phi) is 3.15. The van der Waals surface area contributed by atoms with E-state index in [1.807, 2.05) is 39.1 Å². The molecule has 4 heteroatoms. The maximum absolute atomic E-state index is 6.18. The van der Waals surface area contributed by atoms with E-state index < -0.39 is 0 Å². The molecule has 3 nitrogen and oxygen atoms in total. The van der Waals surface area contributed by atoms with Crippen LogP contribution >= 0.6 is 11.6 Å². The summed E-state index contributed by atoms with van der Waals surface area (Å²) in [4.78, 5) is 4.60. The minimum atomic E-state index is -0.165. The molecule has 0 spiro atoms. The van der Waals surface area contributed by atoms with Crippen molar-refractivity contribution in [2.24, 2.45) is 12.8 Å². The van der Waals surface area contributed by atoms with E-state index >= 15 is 0 Å². The predicted molar refractivity (Wildman–Crippen MR) is 72.3 cm³/mol. The molecule has 17 heavy (non-hydrogen) atoms. The fraction of sp³-hybridized carbons (Fsp3) is 0.462. The number of hydrogen-bond donors (Lipinski definition) is 1. The number of imidazole rings is 1. The first kappa shape index (κ1) is 12.4. The molecule has 2 aromatic rings. The van der Waals surface area contributed by atoms with Gasteiger partial charge in [0.05, 0.1) is 16.1 Å². The number of benzene rings is 1. The smallest absolute Gasteiger partial charge is 0.109 e. The van der Waals surface area contributed by atoms with Gasteiger partial charge in [0.15, 0.2) is 0 Å². The van der Waals surface area contributed by atoms with Crippen LogP contribution in [0.3, 0.4) is 0 Å². The summed E-state index contributed by atoms with van der Waals surface area (Å²) in [5.74, 6) is 1.03. The second kappa shape index (κ2) is 4.31. The molecule has 0 aliphatic carbocycles. The molecule has 0 fully saturated rings. The lowest BCUT2D eigenvalue weighted by atomic mass is 10.00. The SMILES string of the molecule is Cn1c(CCC(C)(C)N)nc2cccc(Cl)c21. The molecule has 0 aliphatic heterocycles. The van der Waals surface area contributed by atoms with Gasteiger partial charge in [-0.3, -0.25) is 0 Å². The highest BCUT2D eigenvalue weighted by atomic mass is 35.5. The number of nitrogens with zero attached hydrogens (tertiary/aromatic N) is 2. The fourth-order valence-corrected chi connectivity index (χ4v) is 2.22. The van der Waals surface area contributed by atoms with E-state index in [0.717, 1.165) is 34.7 Å². The molecule has 0 unspecified atom stereocenters. The second-order valence-electron chi connectivity index (χ2n) is 5.18. The molecule has 0 aliphatic rings. The van der Waals surface area contributed by atoms with Crippen LogP contribution in [-0.2, 0) is 13.5 Å². The third kappa shape index (κ3) is 2.61. The Labute approximate surface area is 107 Å². The average Bonchev–Trinajstić information content (AvgIpc) is 2.53. The summed E-state index contributed by atoms with van der Waals surface area (Å²) in [6, 6.07) is 5.80. The Bertz CT molecular complexity index is 537. The zero-order chi connectivity index (χ0) is 12.6. The first-order valence-corrected chi connectivity index (χ1v) is 6.15. The number of nitrogens with two attached hydrogens (primary N) is 1. The Balaban J connectivity index is 2.36. The first-order valence-electron chi connectivity index (χ1n) is 5.77. The molecule has 0 amide bonds. The Hall–Kier alpha value is -1.06. The van der Waals surface area contributed by atoms with Crippen LogP contribution < -0.4 is 5.73 Å². The number of para-hydroxylation sites is 1. The van der Waals surface area contributed by atoms with Crippen molar-refractivity contribution >= 4 is 22.6 Å². The standard InChI is InChI=1S/C13H18ClN3/c1-13(2,15)8-7-11-16-10-6-4-5-9(14)12(10)17(11)3/h4-6H,7-8,15H2,1-3H3. The molecule has 1 heterocycles. The predicted octanol–water partition coefficient (Wildman–Crippen LogP) is 2.90. The van der Waals surface area contributed by atoms with Crippen LogP contribution in [0, 0.1) is 0 Å². The molecule has 2 rings (SSSR count). The monoisotopic (exact) mass is 251 g/mol. The number of rotatable bonds is 3. The third-order valence-corrected chi connectivity index (χ3v) is 3.24. The number of aryl methyl sites for hydroxylation is 2. The summed E-state index contributed by atoms with van der Waals surface area (Å²) in [7, 11) is 2.00. The minimum Gasteiger partial charge on any atom is -0.330 e. The lowest BCUT2D eigenvalue weighted by molar-refractivity contribution is 0.468. The molecular formula is C13H18ClN3. The van der Waals surface area contributed by atoms with Crippen LogP contribution in [0.4, 0.5) is 0 Å². The van der Waals surface area contributed by atoms with Crippen molar-refractivity contribution in [2.75, 3.05) is 0 Å². The number of aromatic nitrogens is 2. The van der Waals surface area contributed by atoms with Crippen molar-refractivity contribution in [2.45, 2.75) is 32.2 Å². The van der Waals surface area contributed by atoms with E-state index in [9.17, 15) is 0 Å². The molecule has 0 saturated heterocycles. The molecule has 2 N–H and O–H groups in total. The van der Waals surface area contributed by atoms with Crippen molar-refractivity contribution in [1.82, 2.24) is 9.55 Å². The maximum Gasteiger partial charge on any atom is 0.109 e. The summed E-state index contributed by atoms with van der Waals surface area (Å²) in [6.07, 6.45) is 1.77. The van der Waals surface area contributed by atoms with Crippen LogP contribution in [0.5, 0.6) is 0 Å². The fourth-order valence-electron chi connectivity index (χ4n) is 1.93. The average molecular weight is 252 g/mol. The second-order valence-corrected chi connectivity index (χ2v) is 5.59. The van der Waals surface area contributed by atoms with Gasteiger partial charge < -0.3 is 10.3 Å². The zero-order valence-electron chi connectivity index (χ0n) is 10.5. The van der Waals surface area contributed by atoms with Crippen LogP contribution in [0.1, 0.15) is 26.1 Å². The lowest BCUT2D eigenvalue weighted by Gasteiger charge is -2.17. The van der Waals surface area contributed by atoms with Crippen LogP contribution in [0.15, 0.2) is 18.2 Å².